The zero-order chi connectivity index (χ0) is 20.9. The van der Waals surface area contributed by atoms with E-state index in [0.29, 0.717) is 12.2 Å². The van der Waals surface area contributed by atoms with Crippen molar-refractivity contribution in [3.05, 3.63) is 71.4 Å². The molecule has 3 aromatic rings. The van der Waals surface area contributed by atoms with Gasteiger partial charge in [0.2, 0.25) is 0 Å². The number of hydrogen-bond donors (Lipinski definition) is 2. The molecule has 0 spiro atoms. The topological polar surface area (TPSA) is 51.4 Å². The molecule has 2 N–H and O–H groups in total. The molecule has 1 aliphatic heterocycles. The van der Waals surface area contributed by atoms with E-state index in [9.17, 15) is 4.79 Å². The number of rotatable bonds is 6. The summed E-state index contributed by atoms with van der Waals surface area (Å²) in [4.78, 5) is 14.7. The molecule has 1 fully saturated rings. The molecule has 1 amide bonds. The van der Waals surface area contributed by atoms with E-state index in [1.54, 1.807) is 9.58 Å². The van der Waals surface area contributed by atoms with Gasteiger partial charge in [0.25, 0.3) is 5.91 Å². The van der Waals surface area contributed by atoms with Crippen molar-refractivity contribution in [2.24, 2.45) is 0 Å². The van der Waals surface area contributed by atoms with Gasteiger partial charge in [-0.2, -0.15) is 5.10 Å². The minimum Gasteiger partial charge on any atom is -0.345 e. The lowest BCUT2D eigenvalue weighted by Crippen LogP contribution is -3.13. The highest BCUT2D eigenvalue weighted by atomic mass is 16.2. The smallest absolute Gasteiger partial charge is 0.270 e. The first kappa shape index (κ1) is 20.4. The summed E-state index contributed by atoms with van der Waals surface area (Å²) in [5.41, 5.74) is 5.63. The lowest BCUT2D eigenvalue weighted by molar-refractivity contribution is -0.903. The lowest BCUT2D eigenvalue weighted by Gasteiger charge is -2.23. The molecule has 0 aliphatic carbocycles. The van der Waals surface area contributed by atoms with Gasteiger partial charge in [0, 0.05) is 5.56 Å². The number of nitrogens with zero attached hydrogens (tertiary/aromatic N) is 2. The van der Waals surface area contributed by atoms with Crippen LogP contribution in [0.5, 0.6) is 0 Å². The molecule has 1 aliphatic rings. The average Bonchev–Trinajstić information content (AvgIpc) is 3.20. The van der Waals surface area contributed by atoms with Gasteiger partial charge in [0.15, 0.2) is 0 Å². The third kappa shape index (κ3) is 4.62. The van der Waals surface area contributed by atoms with Gasteiger partial charge in [-0.25, -0.2) is 4.68 Å². The average molecular weight is 404 g/mol. The summed E-state index contributed by atoms with van der Waals surface area (Å²) in [7, 11) is 0. The summed E-state index contributed by atoms with van der Waals surface area (Å²) in [5, 5.41) is 7.94. The minimum atomic E-state index is -0.0685. The number of piperidine rings is 1. The number of aryl methyl sites for hydroxylation is 2. The minimum absolute atomic E-state index is 0.0685. The summed E-state index contributed by atoms with van der Waals surface area (Å²) in [5.74, 6) is -0.0685. The first-order chi connectivity index (χ1) is 14.6. The van der Waals surface area contributed by atoms with Crippen molar-refractivity contribution >= 4 is 5.91 Å². The van der Waals surface area contributed by atoms with Gasteiger partial charge in [0.1, 0.15) is 5.69 Å². The molecule has 2 heterocycles. The van der Waals surface area contributed by atoms with Crippen LogP contribution in [0.1, 0.15) is 40.9 Å². The standard InChI is InChI=1S/C25H30N4O/c1-19-11-12-23(20(2)17-19)29-24(18-22(27-29)21-9-5-3-6-10-21)25(30)26-13-16-28-14-7-4-8-15-28/h3,5-6,9-12,17-18H,4,7-8,13-16H2,1-2H3,(H,26,30)/p+1. The van der Waals surface area contributed by atoms with Crippen molar-refractivity contribution in [1.29, 1.82) is 0 Å². The van der Waals surface area contributed by atoms with E-state index in [-0.39, 0.29) is 5.91 Å². The van der Waals surface area contributed by atoms with Gasteiger partial charge in [-0.05, 0) is 50.8 Å². The molecule has 0 unspecified atom stereocenters. The van der Waals surface area contributed by atoms with E-state index < -0.39 is 0 Å². The van der Waals surface area contributed by atoms with Crippen LogP contribution in [0.3, 0.4) is 0 Å². The van der Waals surface area contributed by atoms with Crippen LogP contribution in [0.15, 0.2) is 54.6 Å². The normalized spacial score (nSPS) is 14.6. The van der Waals surface area contributed by atoms with E-state index in [4.69, 9.17) is 5.10 Å². The molecule has 156 valence electrons. The second-order valence-electron chi connectivity index (χ2n) is 8.30. The SMILES string of the molecule is Cc1ccc(-n2nc(-c3ccccc3)cc2C(=O)NCC[NH+]2CCCCC2)c(C)c1. The van der Waals surface area contributed by atoms with E-state index in [0.717, 1.165) is 29.1 Å². The number of quaternary nitrogens is 1. The van der Waals surface area contributed by atoms with Crippen molar-refractivity contribution in [1.82, 2.24) is 15.1 Å². The largest absolute Gasteiger partial charge is 0.345 e. The molecular weight excluding hydrogens is 372 g/mol. The summed E-state index contributed by atoms with van der Waals surface area (Å²) in [6.45, 7) is 8.24. The van der Waals surface area contributed by atoms with Gasteiger partial charge in [-0.1, -0.05) is 48.0 Å². The highest BCUT2D eigenvalue weighted by Crippen LogP contribution is 2.23. The van der Waals surface area contributed by atoms with E-state index in [1.807, 2.05) is 42.5 Å². The van der Waals surface area contributed by atoms with Crippen molar-refractivity contribution < 1.29 is 9.69 Å². The molecule has 1 saturated heterocycles. The molecule has 5 heteroatoms. The Morgan fingerprint density at radius 2 is 1.80 bits per heavy atom. The Morgan fingerprint density at radius 3 is 2.53 bits per heavy atom. The molecule has 5 nitrogen and oxygen atoms in total. The molecule has 0 radical (unpaired) electrons. The Morgan fingerprint density at radius 1 is 1.03 bits per heavy atom. The molecule has 1 aromatic heterocycles. The van der Waals surface area contributed by atoms with Crippen molar-refractivity contribution in [3.8, 4) is 16.9 Å². The maximum atomic E-state index is 13.1. The summed E-state index contributed by atoms with van der Waals surface area (Å²) in [6.07, 6.45) is 3.93. The predicted octanol–water partition coefficient (Wildman–Crippen LogP) is 2.95. The van der Waals surface area contributed by atoms with Crippen molar-refractivity contribution in [2.75, 3.05) is 26.2 Å². The fraction of sp³-hybridized carbons (Fsp3) is 0.360. The van der Waals surface area contributed by atoms with E-state index in [1.165, 1.54) is 37.9 Å². The Kier molecular flexibility index (Phi) is 6.29. The van der Waals surface area contributed by atoms with Gasteiger partial charge in [-0.3, -0.25) is 4.79 Å². The van der Waals surface area contributed by atoms with Crippen molar-refractivity contribution in [2.45, 2.75) is 33.1 Å². The van der Waals surface area contributed by atoms with Crippen LogP contribution in [0, 0.1) is 13.8 Å². The number of carbonyl (C=O) groups excluding carboxylic acids is 1. The van der Waals surface area contributed by atoms with Crippen LogP contribution in [0.25, 0.3) is 16.9 Å². The van der Waals surface area contributed by atoms with Crippen LogP contribution in [0.2, 0.25) is 0 Å². The maximum absolute atomic E-state index is 13.1. The Bertz CT molecular complexity index is 1000. The van der Waals surface area contributed by atoms with Crippen LogP contribution in [-0.2, 0) is 0 Å². The molecule has 2 aromatic carbocycles. The molecule has 0 atom stereocenters. The highest BCUT2D eigenvalue weighted by molar-refractivity contribution is 5.94. The van der Waals surface area contributed by atoms with Crippen LogP contribution >= 0.6 is 0 Å². The van der Waals surface area contributed by atoms with Gasteiger partial charge in [0.05, 0.1) is 37.6 Å². The third-order valence-electron chi connectivity index (χ3n) is 5.92. The predicted molar refractivity (Wildman–Crippen MR) is 120 cm³/mol. The van der Waals surface area contributed by atoms with Crippen molar-refractivity contribution in [3.63, 3.8) is 0 Å². The summed E-state index contributed by atoms with van der Waals surface area (Å²) in [6, 6.07) is 18.2. The molecular formula is C25H31N4O+. The third-order valence-corrected chi connectivity index (χ3v) is 5.92. The number of likely N-dealkylation sites (tertiary alicyclic amines) is 1. The van der Waals surface area contributed by atoms with Crippen LogP contribution < -0.4 is 10.2 Å². The number of aromatic nitrogens is 2. The fourth-order valence-corrected chi connectivity index (χ4v) is 4.26. The van der Waals surface area contributed by atoms with Gasteiger partial charge in [-0.15, -0.1) is 0 Å². The summed E-state index contributed by atoms with van der Waals surface area (Å²) < 4.78 is 1.79. The van der Waals surface area contributed by atoms with E-state index >= 15 is 0 Å². The number of hydrogen-bond acceptors (Lipinski definition) is 2. The number of nitrogens with one attached hydrogen (secondary N) is 2. The fourth-order valence-electron chi connectivity index (χ4n) is 4.26. The number of carbonyl (C=O) groups is 1. The van der Waals surface area contributed by atoms with Crippen LogP contribution in [0.4, 0.5) is 0 Å². The first-order valence-corrected chi connectivity index (χ1v) is 11.0. The number of amides is 1. The Balaban J connectivity index is 1.59. The monoisotopic (exact) mass is 403 g/mol. The second kappa shape index (κ2) is 9.26. The zero-order valence-electron chi connectivity index (χ0n) is 17.9. The van der Waals surface area contributed by atoms with Crippen LogP contribution in [-0.4, -0.2) is 41.9 Å². The zero-order valence-corrected chi connectivity index (χ0v) is 17.9. The van der Waals surface area contributed by atoms with Gasteiger partial charge >= 0.3 is 0 Å². The number of benzene rings is 2. The highest BCUT2D eigenvalue weighted by Gasteiger charge is 2.19. The molecule has 0 saturated carbocycles. The van der Waals surface area contributed by atoms with Gasteiger partial charge < -0.3 is 10.2 Å². The first-order valence-electron chi connectivity index (χ1n) is 11.0. The Hall–Kier alpha value is -2.92. The molecule has 4 rings (SSSR count). The maximum Gasteiger partial charge on any atom is 0.270 e. The Labute approximate surface area is 178 Å². The molecule has 30 heavy (non-hydrogen) atoms. The van der Waals surface area contributed by atoms with E-state index in [2.05, 4.69) is 31.3 Å². The lowest BCUT2D eigenvalue weighted by atomic mass is 10.1. The quantitative estimate of drug-likeness (QED) is 0.665. The second-order valence-corrected chi connectivity index (χ2v) is 8.30. The molecule has 0 bridgehead atoms. The summed E-state index contributed by atoms with van der Waals surface area (Å²) >= 11 is 0.